The Bertz CT molecular complexity index is 377. The maximum absolute atomic E-state index is 10.5. The molecule has 0 saturated heterocycles. The molecule has 16 heavy (non-hydrogen) atoms. The Labute approximate surface area is 95.4 Å². The number of allylic oxidation sites excluding steroid dienone is 1. The van der Waals surface area contributed by atoms with E-state index >= 15 is 0 Å². The van der Waals surface area contributed by atoms with Gasteiger partial charge in [0.25, 0.3) is 0 Å². The van der Waals surface area contributed by atoms with Crippen molar-refractivity contribution in [3.05, 3.63) is 41.5 Å². The lowest BCUT2D eigenvalue weighted by Crippen LogP contribution is -1.96. The smallest absolute Gasteiger partial charge is 0.330 e. The maximum atomic E-state index is 10.5. The Morgan fingerprint density at radius 3 is 2.50 bits per heavy atom. The summed E-state index contributed by atoms with van der Waals surface area (Å²) in [4.78, 5) is 10.5. The highest BCUT2D eigenvalue weighted by Gasteiger charge is 1.98. The third-order valence-electron chi connectivity index (χ3n) is 2.38. The van der Waals surface area contributed by atoms with Crippen molar-refractivity contribution in [3.8, 4) is 5.75 Å². The fourth-order valence-electron chi connectivity index (χ4n) is 1.33. The van der Waals surface area contributed by atoms with Crippen molar-refractivity contribution in [3.63, 3.8) is 0 Å². The number of ether oxygens (including phenoxy) is 1. The van der Waals surface area contributed by atoms with E-state index in [2.05, 4.69) is 0 Å². The monoisotopic (exact) mass is 220 g/mol. The highest BCUT2D eigenvalue weighted by Crippen LogP contribution is 2.13. The largest absolute Gasteiger partial charge is 0.497 e. The quantitative estimate of drug-likeness (QED) is 0.776. The number of carboxylic acids is 1. The minimum Gasteiger partial charge on any atom is -0.497 e. The van der Waals surface area contributed by atoms with Gasteiger partial charge in [-0.05, 0) is 37.5 Å². The molecule has 0 spiro atoms. The van der Waals surface area contributed by atoms with Crippen LogP contribution in [-0.2, 0) is 11.2 Å². The summed E-state index contributed by atoms with van der Waals surface area (Å²) in [7, 11) is 1.63. The van der Waals surface area contributed by atoms with Gasteiger partial charge in [0, 0.05) is 5.57 Å². The first kappa shape index (κ1) is 12.3. The van der Waals surface area contributed by atoms with Gasteiger partial charge in [-0.3, -0.25) is 0 Å². The molecule has 0 radical (unpaired) electrons. The second-order valence-corrected chi connectivity index (χ2v) is 3.58. The van der Waals surface area contributed by atoms with Gasteiger partial charge in [0.2, 0.25) is 0 Å². The minimum absolute atomic E-state index is 0.397. The summed E-state index contributed by atoms with van der Waals surface area (Å²) >= 11 is 0. The van der Waals surface area contributed by atoms with Crippen molar-refractivity contribution in [1.82, 2.24) is 0 Å². The number of benzene rings is 1. The number of carbonyl (C=O) groups is 1. The van der Waals surface area contributed by atoms with Crippen molar-refractivity contribution in [1.29, 1.82) is 0 Å². The molecular weight excluding hydrogens is 204 g/mol. The van der Waals surface area contributed by atoms with Crippen LogP contribution in [0.5, 0.6) is 5.75 Å². The van der Waals surface area contributed by atoms with Gasteiger partial charge in [0.1, 0.15) is 5.75 Å². The molecule has 0 unspecified atom stereocenters. The van der Waals surface area contributed by atoms with E-state index < -0.39 is 5.97 Å². The molecule has 0 aliphatic carbocycles. The lowest BCUT2D eigenvalue weighted by Gasteiger charge is -2.01. The van der Waals surface area contributed by atoms with Gasteiger partial charge < -0.3 is 9.84 Å². The molecule has 0 atom stereocenters. The molecule has 3 heteroatoms. The topological polar surface area (TPSA) is 46.5 Å². The Kier molecular flexibility index (Phi) is 4.58. The molecule has 0 heterocycles. The van der Waals surface area contributed by atoms with E-state index in [1.807, 2.05) is 24.3 Å². The predicted octanol–water partition coefficient (Wildman–Crippen LogP) is 2.66. The SMILES string of the molecule is COc1ccc(CC/C=C(\C)C(=O)O)cc1. The second kappa shape index (κ2) is 5.95. The van der Waals surface area contributed by atoms with Crippen LogP contribution >= 0.6 is 0 Å². The second-order valence-electron chi connectivity index (χ2n) is 3.58. The number of carboxylic acid groups (broad SMARTS) is 1. The lowest BCUT2D eigenvalue weighted by molar-refractivity contribution is -0.132. The van der Waals surface area contributed by atoms with Gasteiger partial charge in [-0.25, -0.2) is 4.79 Å². The molecule has 1 aromatic carbocycles. The van der Waals surface area contributed by atoms with Crippen molar-refractivity contribution in [2.45, 2.75) is 19.8 Å². The standard InChI is InChI=1S/C13H16O3/c1-10(13(14)15)4-3-5-11-6-8-12(16-2)9-7-11/h4,6-9H,3,5H2,1-2H3,(H,14,15)/b10-4+. The number of aliphatic carboxylic acids is 1. The Morgan fingerprint density at radius 1 is 1.38 bits per heavy atom. The highest BCUT2D eigenvalue weighted by molar-refractivity contribution is 5.85. The normalized spacial score (nSPS) is 11.2. The zero-order valence-electron chi connectivity index (χ0n) is 9.56. The van der Waals surface area contributed by atoms with E-state index in [1.165, 1.54) is 5.56 Å². The van der Waals surface area contributed by atoms with E-state index in [4.69, 9.17) is 9.84 Å². The number of hydrogen-bond donors (Lipinski definition) is 1. The average Bonchev–Trinajstić information content (AvgIpc) is 2.29. The Morgan fingerprint density at radius 2 is 2.00 bits per heavy atom. The van der Waals surface area contributed by atoms with Gasteiger partial charge in [-0.15, -0.1) is 0 Å². The molecule has 86 valence electrons. The van der Waals surface area contributed by atoms with Crippen molar-refractivity contribution in [2.24, 2.45) is 0 Å². The van der Waals surface area contributed by atoms with Crippen LogP contribution in [0.15, 0.2) is 35.9 Å². The Hall–Kier alpha value is -1.77. The maximum Gasteiger partial charge on any atom is 0.330 e. The molecule has 0 bridgehead atoms. The zero-order chi connectivity index (χ0) is 12.0. The van der Waals surface area contributed by atoms with Crippen LogP contribution in [-0.4, -0.2) is 18.2 Å². The number of methoxy groups -OCH3 is 1. The molecule has 0 fully saturated rings. The van der Waals surface area contributed by atoms with Crippen molar-refractivity contribution < 1.29 is 14.6 Å². The van der Waals surface area contributed by atoms with E-state index in [0.29, 0.717) is 5.57 Å². The van der Waals surface area contributed by atoms with Crippen LogP contribution in [0.4, 0.5) is 0 Å². The molecule has 0 aliphatic heterocycles. The average molecular weight is 220 g/mol. The van der Waals surface area contributed by atoms with Crippen LogP contribution in [0, 0.1) is 0 Å². The van der Waals surface area contributed by atoms with E-state index in [0.717, 1.165) is 18.6 Å². The Balaban J connectivity index is 2.49. The van der Waals surface area contributed by atoms with Gasteiger partial charge in [-0.1, -0.05) is 18.2 Å². The summed E-state index contributed by atoms with van der Waals surface area (Å²) in [6.45, 7) is 1.61. The van der Waals surface area contributed by atoms with Gasteiger partial charge in [0.05, 0.1) is 7.11 Å². The third-order valence-corrected chi connectivity index (χ3v) is 2.38. The third kappa shape index (κ3) is 3.77. The lowest BCUT2D eigenvalue weighted by atomic mass is 10.1. The molecule has 3 nitrogen and oxygen atoms in total. The number of rotatable bonds is 5. The van der Waals surface area contributed by atoms with Crippen LogP contribution in [0.1, 0.15) is 18.9 Å². The predicted molar refractivity (Wildman–Crippen MR) is 62.7 cm³/mol. The van der Waals surface area contributed by atoms with Gasteiger partial charge in [0.15, 0.2) is 0 Å². The van der Waals surface area contributed by atoms with Crippen LogP contribution in [0.2, 0.25) is 0 Å². The first-order valence-electron chi connectivity index (χ1n) is 5.16. The molecule has 0 aliphatic rings. The highest BCUT2D eigenvalue weighted by atomic mass is 16.5. The van der Waals surface area contributed by atoms with Crippen LogP contribution < -0.4 is 4.74 Å². The summed E-state index contributed by atoms with van der Waals surface area (Å²) in [5.41, 5.74) is 1.57. The molecule has 0 saturated carbocycles. The first-order chi connectivity index (χ1) is 7.63. The molecule has 0 aromatic heterocycles. The fraction of sp³-hybridized carbons (Fsp3) is 0.308. The summed E-state index contributed by atoms with van der Waals surface area (Å²) in [6, 6.07) is 7.79. The summed E-state index contributed by atoms with van der Waals surface area (Å²) in [6.07, 6.45) is 3.33. The number of hydrogen-bond acceptors (Lipinski definition) is 2. The molecule has 1 aromatic rings. The van der Waals surface area contributed by atoms with E-state index in [9.17, 15) is 4.79 Å². The van der Waals surface area contributed by atoms with Crippen LogP contribution in [0.3, 0.4) is 0 Å². The minimum atomic E-state index is -0.852. The first-order valence-corrected chi connectivity index (χ1v) is 5.16. The van der Waals surface area contributed by atoms with Gasteiger partial charge in [-0.2, -0.15) is 0 Å². The van der Waals surface area contributed by atoms with E-state index in [1.54, 1.807) is 20.1 Å². The molecule has 0 amide bonds. The zero-order valence-corrected chi connectivity index (χ0v) is 9.56. The van der Waals surface area contributed by atoms with E-state index in [-0.39, 0.29) is 0 Å². The summed E-state index contributed by atoms with van der Waals surface area (Å²) in [5.74, 6) is -0.0178. The molecule has 1 rings (SSSR count). The summed E-state index contributed by atoms with van der Waals surface area (Å²) in [5, 5.41) is 8.66. The molecule has 1 N–H and O–H groups in total. The number of aryl methyl sites for hydroxylation is 1. The fourth-order valence-corrected chi connectivity index (χ4v) is 1.33. The van der Waals surface area contributed by atoms with Gasteiger partial charge >= 0.3 is 5.97 Å². The van der Waals surface area contributed by atoms with Crippen LogP contribution in [0.25, 0.3) is 0 Å². The summed E-state index contributed by atoms with van der Waals surface area (Å²) < 4.78 is 5.05. The van der Waals surface area contributed by atoms with Crippen molar-refractivity contribution in [2.75, 3.05) is 7.11 Å². The molecular formula is C13H16O3. The van der Waals surface area contributed by atoms with Crippen molar-refractivity contribution >= 4 is 5.97 Å².